The molecule has 2 rings (SSSR count). The van der Waals surface area contributed by atoms with Gasteiger partial charge in [0.25, 0.3) is 5.56 Å². The van der Waals surface area contributed by atoms with Crippen molar-refractivity contribution < 1.29 is 0 Å². The number of benzene rings is 1. The van der Waals surface area contributed by atoms with E-state index in [9.17, 15) is 4.79 Å². The lowest BCUT2D eigenvalue weighted by molar-refractivity contribution is 0.760. The second-order valence-electron chi connectivity index (χ2n) is 3.67. The van der Waals surface area contributed by atoms with Crippen LogP contribution in [0.2, 0.25) is 0 Å². The second kappa shape index (κ2) is 4.54. The molecule has 0 aliphatic heterocycles. The molecule has 1 aromatic carbocycles. The van der Waals surface area contributed by atoms with E-state index in [4.69, 9.17) is 11.0 Å². The molecule has 0 radical (unpaired) electrons. The standard InChI is InChI=1S/C13H11N3O/c14-8-10-4-1-2-5-11(10)9-16-7-3-6-12(15)13(16)17/h1-7H,9,15H2. The number of rotatable bonds is 2. The van der Waals surface area contributed by atoms with Crippen LogP contribution in [0.5, 0.6) is 0 Å². The molecular weight excluding hydrogens is 214 g/mol. The first kappa shape index (κ1) is 11.0. The first-order chi connectivity index (χ1) is 8.22. The smallest absolute Gasteiger partial charge is 0.273 e. The van der Waals surface area contributed by atoms with Gasteiger partial charge < -0.3 is 10.3 Å². The van der Waals surface area contributed by atoms with Gasteiger partial charge in [0.2, 0.25) is 0 Å². The van der Waals surface area contributed by atoms with E-state index in [1.807, 2.05) is 12.1 Å². The van der Waals surface area contributed by atoms with Crippen molar-refractivity contribution in [3.63, 3.8) is 0 Å². The van der Waals surface area contributed by atoms with Crippen LogP contribution in [-0.4, -0.2) is 4.57 Å². The van der Waals surface area contributed by atoms with E-state index in [1.54, 1.807) is 30.5 Å². The number of aromatic nitrogens is 1. The van der Waals surface area contributed by atoms with Crippen LogP contribution in [0.1, 0.15) is 11.1 Å². The zero-order valence-electron chi connectivity index (χ0n) is 9.13. The SMILES string of the molecule is N#Cc1ccccc1Cn1cccc(N)c1=O. The van der Waals surface area contributed by atoms with Crippen molar-refractivity contribution in [1.29, 1.82) is 5.26 Å². The molecule has 4 heteroatoms. The Kier molecular flexibility index (Phi) is 2.93. The number of nitrogen functional groups attached to an aromatic ring is 1. The van der Waals surface area contributed by atoms with E-state index >= 15 is 0 Å². The fraction of sp³-hybridized carbons (Fsp3) is 0.0769. The number of nitrogens with two attached hydrogens (primary N) is 1. The van der Waals surface area contributed by atoms with Gasteiger partial charge in [-0.3, -0.25) is 4.79 Å². The van der Waals surface area contributed by atoms with Gasteiger partial charge in [-0.05, 0) is 23.8 Å². The summed E-state index contributed by atoms with van der Waals surface area (Å²) in [5.41, 5.74) is 6.90. The van der Waals surface area contributed by atoms with Gasteiger partial charge in [-0.15, -0.1) is 0 Å². The summed E-state index contributed by atoms with van der Waals surface area (Å²) < 4.78 is 1.49. The molecule has 0 atom stereocenters. The number of hydrogen-bond donors (Lipinski definition) is 1. The highest BCUT2D eigenvalue weighted by atomic mass is 16.1. The van der Waals surface area contributed by atoms with Crippen LogP contribution < -0.4 is 11.3 Å². The lowest BCUT2D eigenvalue weighted by atomic mass is 10.1. The highest BCUT2D eigenvalue weighted by Gasteiger charge is 2.04. The average molecular weight is 225 g/mol. The van der Waals surface area contributed by atoms with Crippen molar-refractivity contribution in [2.45, 2.75) is 6.54 Å². The van der Waals surface area contributed by atoms with Gasteiger partial charge in [0.05, 0.1) is 23.9 Å². The number of anilines is 1. The largest absolute Gasteiger partial charge is 0.394 e. The van der Waals surface area contributed by atoms with Crippen molar-refractivity contribution in [3.05, 3.63) is 64.1 Å². The van der Waals surface area contributed by atoms with Crippen LogP contribution in [0.4, 0.5) is 5.69 Å². The maximum Gasteiger partial charge on any atom is 0.273 e. The molecule has 84 valence electrons. The fourth-order valence-corrected chi connectivity index (χ4v) is 1.63. The Morgan fingerprint density at radius 1 is 1.24 bits per heavy atom. The summed E-state index contributed by atoms with van der Waals surface area (Å²) >= 11 is 0. The van der Waals surface area contributed by atoms with Gasteiger partial charge in [-0.1, -0.05) is 18.2 Å². The van der Waals surface area contributed by atoms with Crippen LogP contribution in [0.15, 0.2) is 47.4 Å². The maximum atomic E-state index is 11.7. The predicted molar refractivity (Wildman–Crippen MR) is 65.4 cm³/mol. The molecule has 0 fully saturated rings. The predicted octanol–water partition coefficient (Wildman–Crippen LogP) is 1.35. The highest BCUT2D eigenvalue weighted by Crippen LogP contribution is 2.08. The lowest BCUT2D eigenvalue weighted by Gasteiger charge is -2.07. The third-order valence-corrected chi connectivity index (χ3v) is 2.53. The van der Waals surface area contributed by atoms with Crippen molar-refractivity contribution in [2.75, 3.05) is 5.73 Å². The van der Waals surface area contributed by atoms with Crippen LogP contribution >= 0.6 is 0 Å². The van der Waals surface area contributed by atoms with Crippen molar-refractivity contribution >= 4 is 5.69 Å². The van der Waals surface area contributed by atoms with Crippen LogP contribution in [0.25, 0.3) is 0 Å². The fourth-order valence-electron chi connectivity index (χ4n) is 1.63. The average Bonchev–Trinajstić information content (AvgIpc) is 2.35. The van der Waals surface area contributed by atoms with E-state index in [2.05, 4.69) is 6.07 Å². The van der Waals surface area contributed by atoms with E-state index in [0.717, 1.165) is 5.56 Å². The summed E-state index contributed by atoms with van der Waals surface area (Å²) in [4.78, 5) is 11.7. The Hall–Kier alpha value is -2.54. The van der Waals surface area contributed by atoms with Crippen LogP contribution in [0, 0.1) is 11.3 Å². The first-order valence-corrected chi connectivity index (χ1v) is 5.15. The van der Waals surface area contributed by atoms with Gasteiger partial charge in [0.1, 0.15) is 0 Å². The molecule has 0 spiro atoms. The maximum absolute atomic E-state index is 11.7. The molecule has 2 aromatic rings. The molecule has 4 nitrogen and oxygen atoms in total. The molecule has 2 N–H and O–H groups in total. The third-order valence-electron chi connectivity index (χ3n) is 2.53. The van der Waals surface area contributed by atoms with Gasteiger partial charge in [-0.25, -0.2) is 0 Å². The van der Waals surface area contributed by atoms with E-state index < -0.39 is 0 Å². The normalized spacial score (nSPS) is 9.82. The Labute approximate surface area is 98.5 Å². The summed E-state index contributed by atoms with van der Waals surface area (Å²) in [5.74, 6) is 0. The number of pyridine rings is 1. The minimum absolute atomic E-state index is 0.210. The molecule has 0 aliphatic carbocycles. The Balaban J connectivity index is 2.43. The molecular formula is C13H11N3O. The van der Waals surface area contributed by atoms with Gasteiger partial charge in [-0.2, -0.15) is 5.26 Å². The summed E-state index contributed by atoms with van der Waals surface area (Å²) in [7, 11) is 0. The third kappa shape index (κ3) is 2.18. The van der Waals surface area contributed by atoms with Crippen LogP contribution in [0.3, 0.4) is 0 Å². The molecule has 0 unspecified atom stereocenters. The Morgan fingerprint density at radius 3 is 2.76 bits per heavy atom. The van der Waals surface area contributed by atoms with Gasteiger partial charge in [0, 0.05) is 6.20 Å². The second-order valence-corrected chi connectivity index (χ2v) is 3.67. The quantitative estimate of drug-likeness (QED) is 0.838. The van der Waals surface area contributed by atoms with Crippen molar-refractivity contribution in [3.8, 4) is 6.07 Å². The topological polar surface area (TPSA) is 71.8 Å². The zero-order valence-corrected chi connectivity index (χ0v) is 9.13. The number of nitrogens with zero attached hydrogens (tertiary/aromatic N) is 2. The molecule has 0 aliphatic rings. The molecule has 1 aromatic heterocycles. The Morgan fingerprint density at radius 2 is 2.00 bits per heavy atom. The van der Waals surface area contributed by atoms with E-state index in [1.165, 1.54) is 4.57 Å². The summed E-state index contributed by atoms with van der Waals surface area (Å²) in [6, 6.07) is 12.6. The summed E-state index contributed by atoms with van der Waals surface area (Å²) in [6.45, 7) is 0.355. The zero-order chi connectivity index (χ0) is 12.3. The Bertz CT molecular complexity index is 638. The van der Waals surface area contributed by atoms with Gasteiger partial charge >= 0.3 is 0 Å². The molecule has 0 saturated carbocycles. The van der Waals surface area contributed by atoms with Gasteiger partial charge in [0.15, 0.2) is 0 Å². The number of hydrogen-bond acceptors (Lipinski definition) is 3. The first-order valence-electron chi connectivity index (χ1n) is 5.15. The van der Waals surface area contributed by atoms with E-state index in [-0.39, 0.29) is 11.2 Å². The van der Waals surface area contributed by atoms with Crippen molar-refractivity contribution in [1.82, 2.24) is 4.57 Å². The van der Waals surface area contributed by atoms with E-state index in [0.29, 0.717) is 12.1 Å². The van der Waals surface area contributed by atoms with Crippen LogP contribution in [-0.2, 0) is 6.54 Å². The van der Waals surface area contributed by atoms with Crippen molar-refractivity contribution in [2.24, 2.45) is 0 Å². The minimum Gasteiger partial charge on any atom is -0.394 e. The monoisotopic (exact) mass is 225 g/mol. The minimum atomic E-state index is -0.236. The molecule has 0 bridgehead atoms. The summed E-state index contributed by atoms with van der Waals surface area (Å²) in [5, 5.41) is 8.96. The number of nitriles is 1. The highest BCUT2D eigenvalue weighted by molar-refractivity contribution is 5.38. The molecule has 0 amide bonds. The lowest BCUT2D eigenvalue weighted by Crippen LogP contribution is -2.22. The molecule has 17 heavy (non-hydrogen) atoms. The molecule has 0 saturated heterocycles. The molecule has 1 heterocycles. The summed E-state index contributed by atoms with van der Waals surface area (Å²) in [6.07, 6.45) is 1.66.